The Bertz CT molecular complexity index is 454. The summed E-state index contributed by atoms with van der Waals surface area (Å²) in [4.78, 5) is 0.371. The molecule has 0 aliphatic carbocycles. The van der Waals surface area contributed by atoms with Gasteiger partial charge < -0.3 is 10.1 Å². The highest BCUT2D eigenvalue weighted by Gasteiger charge is 2.11. The van der Waals surface area contributed by atoms with Gasteiger partial charge in [-0.2, -0.15) is 0 Å². The predicted octanol–water partition coefficient (Wildman–Crippen LogP) is 2.32. The second kappa shape index (κ2) is 6.75. The van der Waals surface area contributed by atoms with E-state index in [-0.39, 0.29) is 11.8 Å². The Balaban J connectivity index is 2.77. The lowest BCUT2D eigenvalue weighted by Gasteiger charge is -2.17. The number of sulfone groups is 1. The highest BCUT2D eigenvalue weighted by Crippen LogP contribution is 2.16. The van der Waals surface area contributed by atoms with Crippen LogP contribution in [0.2, 0.25) is 0 Å². The molecule has 18 heavy (non-hydrogen) atoms. The van der Waals surface area contributed by atoms with Gasteiger partial charge in [0.25, 0.3) is 0 Å². The quantitative estimate of drug-likeness (QED) is 0.827. The minimum Gasteiger partial charge on any atom is -0.383 e. The van der Waals surface area contributed by atoms with Crippen molar-refractivity contribution < 1.29 is 13.2 Å². The van der Waals surface area contributed by atoms with E-state index >= 15 is 0 Å². The maximum atomic E-state index is 11.7. The predicted molar refractivity (Wildman–Crippen MR) is 73.7 cm³/mol. The number of hydrogen-bond acceptors (Lipinski definition) is 4. The molecule has 102 valence electrons. The first kappa shape index (κ1) is 15.0. The Morgan fingerprint density at radius 3 is 2.28 bits per heavy atom. The summed E-state index contributed by atoms with van der Waals surface area (Å²) >= 11 is 0. The minimum absolute atomic E-state index is 0.126. The third-order valence-electron chi connectivity index (χ3n) is 2.82. The van der Waals surface area contributed by atoms with Gasteiger partial charge >= 0.3 is 0 Å². The average molecular weight is 271 g/mol. The van der Waals surface area contributed by atoms with Crippen LogP contribution in [0.15, 0.2) is 29.2 Å². The van der Waals surface area contributed by atoms with Gasteiger partial charge in [-0.15, -0.1) is 0 Å². The van der Waals surface area contributed by atoms with E-state index in [0.717, 1.165) is 12.1 Å². The zero-order valence-corrected chi connectivity index (χ0v) is 12.0. The molecule has 1 unspecified atom stereocenters. The largest absolute Gasteiger partial charge is 0.383 e. The Morgan fingerprint density at radius 2 is 1.83 bits per heavy atom. The van der Waals surface area contributed by atoms with Gasteiger partial charge in [-0.05, 0) is 30.7 Å². The van der Waals surface area contributed by atoms with Gasteiger partial charge in [-0.1, -0.05) is 13.8 Å². The van der Waals surface area contributed by atoms with Crippen LogP contribution in [0.3, 0.4) is 0 Å². The monoisotopic (exact) mass is 271 g/mol. The summed E-state index contributed by atoms with van der Waals surface area (Å²) in [7, 11) is -1.44. The van der Waals surface area contributed by atoms with Crippen molar-refractivity contribution in [2.24, 2.45) is 0 Å². The number of hydrogen-bond donors (Lipinski definition) is 1. The number of nitrogens with one attached hydrogen (secondary N) is 1. The molecule has 0 aliphatic rings. The molecule has 0 bridgehead atoms. The molecular weight excluding hydrogens is 250 g/mol. The molecule has 1 atom stereocenters. The number of rotatable bonds is 7. The van der Waals surface area contributed by atoms with E-state index in [1.54, 1.807) is 38.3 Å². The Labute approximate surface area is 109 Å². The van der Waals surface area contributed by atoms with Gasteiger partial charge in [0, 0.05) is 18.8 Å². The van der Waals surface area contributed by atoms with Crippen LogP contribution in [-0.2, 0) is 14.6 Å². The van der Waals surface area contributed by atoms with E-state index in [1.165, 1.54) is 0 Å². The fraction of sp³-hybridized carbons (Fsp3) is 0.538. The number of anilines is 1. The maximum Gasteiger partial charge on any atom is 0.178 e. The van der Waals surface area contributed by atoms with Gasteiger partial charge in [0.05, 0.1) is 17.3 Å². The highest BCUT2D eigenvalue weighted by molar-refractivity contribution is 7.91. The van der Waals surface area contributed by atoms with Crippen molar-refractivity contribution >= 4 is 15.5 Å². The maximum absolute atomic E-state index is 11.7. The number of ether oxygens (including phenoxy) is 1. The van der Waals surface area contributed by atoms with E-state index in [1.807, 2.05) is 0 Å². The lowest BCUT2D eigenvalue weighted by molar-refractivity contribution is 0.184. The van der Waals surface area contributed by atoms with E-state index < -0.39 is 9.84 Å². The van der Waals surface area contributed by atoms with E-state index in [0.29, 0.717) is 11.5 Å². The first-order chi connectivity index (χ1) is 8.53. The molecular formula is C13H21NO3S. The van der Waals surface area contributed by atoms with Crippen molar-refractivity contribution in [1.29, 1.82) is 0 Å². The summed E-state index contributed by atoms with van der Waals surface area (Å²) < 4.78 is 28.4. The van der Waals surface area contributed by atoms with Crippen LogP contribution in [0.25, 0.3) is 0 Å². The molecule has 0 aliphatic heterocycles. The third-order valence-corrected chi connectivity index (χ3v) is 4.58. The molecule has 0 fully saturated rings. The SMILES string of the molecule is CCC(COC)Nc1ccc(S(=O)(=O)CC)cc1. The molecule has 5 heteroatoms. The first-order valence-electron chi connectivity index (χ1n) is 6.11. The van der Waals surface area contributed by atoms with Gasteiger partial charge in [0.2, 0.25) is 0 Å². The molecule has 0 aromatic heterocycles. The van der Waals surface area contributed by atoms with Gasteiger partial charge in [0.15, 0.2) is 9.84 Å². The lowest BCUT2D eigenvalue weighted by atomic mass is 10.2. The second-order valence-electron chi connectivity index (χ2n) is 4.13. The van der Waals surface area contributed by atoms with Crippen molar-refractivity contribution in [3.63, 3.8) is 0 Å². The normalized spacial score (nSPS) is 13.3. The van der Waals surface area contributed by atoms with Crippen LogP contribution in [-0.4, -0.2) is 33.9 Å². The highest BCUT2D eigenvalue weighted by atomic mass is 32.2. The topological polar surface area (TPSA) is 55.4 Å². The first-order valence-corrected chi connectivity index (χ1v) is 7.77. The van der Waals surface area contributed by atoms with Crippen molar-refractivity contribution in [2.45, 2.75) is 31.2 Å². The van der Waals surface area contributed by atoms with Crippen LogP contribution in [0.1, 0.15) is 20.3 Å². The smallest absolute Gasteiger partial charge is 0.178 e. The molecule has 1 aromatic rings. The van der Waals surface area contributed by atoms with Gasteiger partial charge in [0.1, 0.15) is 0 Å². The Kier molecular flexibility index (Phi) is 5.62. The summed E-state index contributed by atoms with van der Waals surface area (Å²) in [6.45, 7) is 4.35. The average Bonchev–Trinajstić information content (AvgIpc) is 2.39. The van der Waals surface area contributed by atoms with Crippen molar-refractivity contribution in [1.82, 2.24) is 0 Å². The van der Waals surface area contributed by atoms with E-state index in [2.05, 4.69) is 12.2 Å². The fourth-order valence-electron chi connectivity index (χ4n) is 1.62. The van der Waals surface area contributed by atoms with Crippen molar-refractivity contribution in [3.8, 4) is 0 Å². The molecule has 0 saturated carbocycles. The fourth-order valence-corrected chi connectivity index (χ4v) is 2.51. The summed E-state index contributed by atoms with van der Waals surface area (Å²) in [5.41, 5.74) is 0.911. The van der Waals surface area contributed by atoms with Crippen LogP contribution < -0.4 is 5.32 Å². The molecule has 1 rings (SSSR count). The van der Waals surface area contributed by atoms with E-state index in [9.17, 15) is 8.42 Å². The summed E-state index contributed by atoms with van der Waals surface area (Å²) in [6, 6.07) is 7.10. The van der Waals surface area contributed by atoms with Gasteiger partial charge in [-0.3, -0.25) is 0 Å². The summed E-state index contributed by atoms with van der Waals surface area (Å²) in [5.74, 6) is 0.126. The van der Waals surface area contributed by atoms with Crippen molar-refractivity contribution in [3.05, 3.63) is 24.3 Å². The standard InChI is InChI=1S/C13H21NO3S/c1-4-11(10-17-3)14-12-6-8-13(9-7-12)18(15,16)5-2/h6-9,11,14H,4-5,10H2,1-3H3. The van der Waals surface area contributed by atoms with Crippen LogP contribution in [0, 0.1) is 0 Å². The molecule has 0 amide bonds. The summed E-state index contributed by atoms with van der Waals surface area (Å²) in [5, 5.41) is 3.31. The van der Waals surface area contributed by atoms with E-state index in [4.69, 9.17) is 4.74 Å². The third kappa shape index (κ3) is 3.99. The van der Waals surface area contributed by atoms with Crippen LogP contribution >= 0.6 is 0 Å². The molecule has 1 aromatic carbocycles. The zero-order valence-electron chi connectivity index (χ0n) is 11.1. The molecule has 1 N–H and O–H groups in total. The molecule has 0 radical (unpaired) electrons. The number of methoxy groups -OCH3 is 1. The molecule has 4 nitrogen and oxygen atoms in total. The summed E-state index contributed by atoms with van der Waals surface area (Å²) in [6.07, 6.45) is 0.947. The van der Waals surface area contributed by atoms with Crippen LogP contribution in [0.4, 0.5) is 5.69 Å². The molecule has 0 heterocycles. The minimum atomic E-state index is -3.11. The van der Waals surface area contributed by atoms with Crippen molar-refractivity contribution in [2.75, 3.05) is 24.8 Å². The lowest BCUT2D eigenvalue weighted by Crippen LogP contribution is -2.23. The Hall–Kier alpha value is -1.07. The van der Waals surface area contributed by atoms with Crippen LogP contribution in [0.5, 0.6) is 0 Å². The Morgan fingerprint density at radius 1 is 1.22 bits per heavy atom. The molecule has 0 spiro atoms. The zero-order chi connectivity index (χ0) is 13.6. The molecule has 0 saturated heterocycles. The second-order valence-corrected chi connectivity index (χ2v) is 6.41. The number of benzene rings is 1. The van der Waals surface area contributed by atoms with Gasteiger partial charge in [-0.25, -0.2) is 8.42 Å².